The summed E-state index contributed by atoms with van der Waals surface area (Å²) in [6.45, 7) is -1.88. The van der Waals surface area contributed by atoms with Crippen LogP contribution in [0, 0.1) is 0 Å². The van der Waals surface area contributed by atoms with Gasteiger partial charge in [0.05, 0.1) is 5.69 Å². The number of benzene rings is 1. The summed E-state index contributed by atoms with van der Waals surface area (Å²) in [5, 5.41) is 6.44. The third-order valence-electron chi connectivity index (χ3n) is 3.33. The molecule has 10 heteroatoms. The molecule has 0 radical (unpaired) electrons. The second kappa shape index (κ2) is 6.90. The van der Waals surface area contributed by atoms with E-state index in [1.807, 2.05) is 0 Å². The topological polar surface area (TPSA) is 77.6 Å². The third-order valence-corrected chi connectivity index (χ3v) is 3.33. The van der Waals surface area contributed by atoms with Gasteiger partial charge < -0.3 is 10.1 Å². The fraction of sp³-hybridized carbons (Fsp3) is 0.188. The third kappa shape index (κ3) is 4.02. The van der Waals surface area contributed by atoms with Gasteiger partial charge in [0.1, 0.15) is 12.3 Å². The predicted molar refractivity (Wildman–Crippen MR) is 86.1 cm³/mol. The molecular weight excluding hydrogens is 353 g/mol. The molecule has 0 saturated carbocycles. The van der Waals surface area contributed by atoms with Crippen LogP contribution in [0.2, 0.25) is 0 Å². The van der Waals surface area contributed by atoms with Crippen LogP contribution in [-0.2, 0) is 11.3 Å². The zero-order chi connectivity index (χ0) is 18.7. The van der Waals surface area contributed by atoms with E-state index in [0.717, 1.165) is 4.68 Å². The molecule has 0 aliphatic carbocycles. The summed E-state index contributed by atoms with van der Waals surface area (Å²) >= 11 is 0. The molecule has 1 N–H and O–H groups in total. The normalized spacial score (nSPS) is 11.5. The number of carbonyl (C=O) groups excluding carboxylic acids is 1. The Bertz CT molecular complexity index is 994. The number of nitrogens with one attached hydrogen (secondary N) is 1. The molecule has 7 nitrogen and oxygen atoms in total. The van der Waals surface area contributed by atoms with E-state index in [1.54, 1.807) is 18.2 Å². The molecular formula is C16H13F3N4O3. The van der Waals surface area contributed by atoms with E-state index in [9.17, 15) is 22.8 Å². The van der Waals surface area contributed by atoms with Crippen molar-refractivity contribution < 1.29 is 22.7 Å². The van der Waals surface area contributed by atoms with E-state index >= 15 is 0 Å². The van der Waals surface area contributed by atoms with Crippen LogP contribution in [-0.4, -0.2) is 32.9 Å². The van der Waals surface area contributed by atoms with Gasteiger partial charge in [-0.1, -0.05) is 18.2 Å². The number of pyridine rings is 1. The number of fused-ring (bicyclic) bond motifs is 1. The highest BCUT2D eigenvalue weighted by Crippen LogP contribution is 2.26. The summed E-state index contributed by atoms with van der Waals surface area (Å²) in [5.41, 5.74) is -0.0601. The Morgan fingerprint density at radius 2 is 1.88 bits per heavy atom. The number of anilines is 1. The number of amides is 1. The van der Waals surface area contributed by atoms with E-state index in [-0.39, 0.29) is 11.4 Å². The highest BCUT2D eigenvalue weighted by Gasteiger charge is 2.28. The van der Waals surface area contributed by atoms with Gasteiger partial charge in [-0.3, -0.25) is 9.20 Å². The Morgan fingerprint density at radius 1 is 1.15 bits per heavy atom. The number of aromatic nitrogens is 3. The number of nitrogens with zero attached hydrogens (tertiary/aromatic N) is 3. The van der Waals surface area contributed by atoms with Gasteiger partial charge in [-0.25, -0.2) is 9.48 Å². The Balaban J connectivity index is 1.74. The molecule has 3 rings (SSSR count). The molecule has 0 unspecified atom stereocenters. The van der Waals surface area contributed by atoms with Crippen LogP contribution in [0.3, 0.4) is 0 Å². The average Bonchev–Trinajstić information content (AvgIpc) is 2.89. The van der Waals surface area contributed by atoms with Crippen LogP contribution in [0.25, 0.3) is 5.65 Å². The molecule has 0 aliphatic heterocycles. The van der Waals surface area contributed by atoms with Gasteiger partial charge in [0, 0.05) is 6.20 Å². The molecule has 0 atom stereocenters. The molecule has 0 aliphatic rings. The first-order chi connectivity index (χ1) is 12.3. The number of ether oxygens (including phenoxy) is 1. The fourth-order valence-electron chi connectivity index (χ4n) is 2.25. The van der Waals surface area contributed by atoms with Crippen molar-refractivity contribution in [3.63, 3.8) is 0 Å². The van der Waals surface area contributed by atoms with Crippen LogP contribution in [0.15, 0.2) is 53.5 Å². The summed E-state index contributed by atoms with van der Waals surface area (Å²) in [5.74, 6) is -0.751. The molecule has 0 bridgehead atoms. The highest BCUT2D eigenvalue weighted by molar-refractivity contribution is 5.92. The quantitative estimate of drug-likeness (QED) is 0.750. The van der Waals surface area contributed by atoms with Crippen molar-refractivity contribution in [3.05, 3.63) is 59.1 Å². The summed E-state index contributed by atoms with van der Waals surface area (Å²) in [4.78, 5) is 24.3. The Labute approximate surface area is 144 Å². The maximum absolute atomic E-state index is 12.3. The van der Waals surface area contributed by atoms with Crippen LogP contribution < -0.4 is 15.7 Å². The van der Waals surface area contributed by atoms with E-state index in [4.69, 9.17) is 4.74 Å². The smallest absolute Gasteiger partial charge is 0.422 e. The van der Waals surface area contributed by atoms with Crippen molar-refractivity contribution in [3.8, 4) is 5.75 Å². The molecule has 1 amide bonds. The van der Waals surface area contributed by atoms with E-state index in [2.05, 4.69) is 10.4 Å². The van der Waals surface area contributed by atoms with E-state index in [0.29, 0.717) is 5.65 Å². The molecule has 2 aromatic heterocycles. The lowest BCUT2D eigenvalue weighted by Gasteiger charge is -2.13. The van der Waals surface area contributed by atoms with Gasteiger partial charge in [-0.2, -0.15) is 13.2 Å². The van der Waals surface area contributed by atoms with Crippen LogP contribution >= 0.6 is 0 Å². The highest BCUT2D eigenvalue weighted by atomic mass is 19.4. The first-order valence-electron chi connectivity index (χ1n) is 7.46. The zero-order valence-electron chi connectivity index (χ0n) is 13.2. The second-order valence-corrected chi connectivity index (χ2v) is 5.32. The Hall–Kier alpha value is -3.30. The maximum Gasteiger partial charge on any atom is 0.422 e. The van der Waals surface area contributed by atoms with Gasteiger partial charge in [0.25, 0.3) is 0 Å². The first kappa shape index (κ1) is 17.5. The summed E-state index contributed by atoms with van der Waals surface area (Å²) in [6, 6.07) is 10.7. The maximum atomic E-state index is 12.3. The number of para-hydroxylation sites is 2. The van der Waals surface area contributed by atoms with Crippen LogP contribution in [0.5, 0.6) is 5.75 Å². The van der Waals surface area contributed by atoms with E-state index < -0.39 is 30.9 Å². The van der Waals surface area contributed by atoms with Crippen molar-refractivity contribution >= 4 is 17.2 Å². The standard InChI is InChI=1S/C16H13F3N4O3/c17-16(18,19)10-26-12-6-2-1-5-11(12)20-14(24)9-23-15(25)22-8-4-3-7-13(22)21-23/h1-8H,9-10H2,(H,20,24). The molecule has 136 valence electrons. The largest absolute Gasteiger partial charge is 0.482 e. The minimum atomic E-state index is -4.50. The van der Waals surface area contributed by atoms with Crippen molar-refractivity contribution in [2.24, 2.45) is 0 Å². The molecule has 3 aromatic rings. The number of hydrogen-bond acceptors (Lipinski definition) is 4. The van der Waals surface area contributed by atoms with Gasteiger partial charge in [-0.15, -0.1) is 5.10 Å². The monoisotopic (exact) mass is 366 g/mol. The number of alkyl halides is 3. The molecule has 2 heterocycles. The lowest BCUT2D eigenvalue weighted by molar-refractivity contribution is -0.153. The van der Waals surface area contributed by atoms with Crippen LogP contribution in [0.4, 0.5) is 18.9 Å². The van der Waals surface area contributed by atoms with Crippen LogP contribution in [0.1, 0.15) is 0 Å². The molecule has 1 aromatic carbocycles. The summed E-state index contributed by atoms with van der Waals surface area (Å²) < 4.78 is 43.9. The Kier molecular flexibility index (Phi) is 4.65. The first-order valence-corrected chi connectivity index (χ1v) is 7.46. The number of halogens is 3. The minimum absolute atomic E-state index is 0.0681. The fourth-order valence-corrected chi connectivity index (χ4v) is 2.25. The number of rotatable bonds is 5. The zero-order valence-corrected chi connectivity index (χ0v) is 13.2. The average molecular weight is 366 g/mol. The predicted octanol–water partition coefficient (Wildman–Crippen LogP) is 2.08. The molecule has 0 fully saturated rings. The van der Waals surface area contributed by atoms with E-state index in [1.165, 1.54) is 34.9 Å². The summed E-state index contributed by atoms with van der Waals surface area (Å²) in [7, 11) is 0. The minimum Gasteiger partial charge on any atom is -0.482 e. The van der Waals surface area contributed by atoms with Gasteiger partial charge in [0.2, 0.25) is 5.91 Å². The molecule has 0 saturated heterocycles. The van der Waals surface area contributed by atoms with Crippen molar-refractivity contribution in [1.29, 1.82) is 0 Å². The number of carbonyl (C=O) groups is 1. The van der Waals surface area contributed by atoms with Crippen molar-refractivity contribution in [2.75, 3.05) is 11.9 Å². The van der Waals surface area contributed by atoms with Gasteiger partial charge >= 0.3 is 11.9 Å². The van der Waals surface area contributed by atoms with Gasteiger partial charge in [0.15, 0.2) is 12.3 Å². The van der Waals surface area contributed by atoms with Gasteiger partial charge in [-0.05, 0) is 24.3 Å². The lowest BCUT2D eigenvalue weighted by Crippen LogP contribution is -2.28. The second-order valence-electron chi connectivity index (χ2n) is 5.32. The van der Waals surface area contributed by atoms with Crippen molar-refractivity contribution in [1.82, 2.24) is 14.2 Å². The number of hydrogen-bond donors (Lipinski definition) is 1. The Morgan fingerprint density at radius 3 is 2.62 bits per heavy atom. The SMILES string of the molecule is O=C(Cn1nc2ccccn2c1=O)Nc1ccccc1OCC(F)(F)F. The lowest BCUT2D eigenvalue weighted by atomic mass is 10.3. The molecule has 26 heavy (non-hydrogen) atoms. The van der Waals surface area contributed by atoms with Crippen molar-refractivity contribution in [2.45, 2.75) is 12.7 Å². The summed E-state index contributed by atoms with van der Waals surface area (Å²) in [6.07, 6.45) is -2.99. The molecule has 0 spiro atoms.